The van der Waals surface area contributed by atoms with E-state index in [1.165, 1.54) is 4.31 Å². The Labute approximate surface area is 176 Å². The molecular weight excluding hydrogens is 416 g/mol. The molecule has 5 nitrogen and oxygen atoms in total. The number of hydrogen-bond acceptors (Lipinski definition) is 4. The van der Waals surface area contributed by atoms with E-state index in [-0.39, 0.29) is 12.5 Å². The summed E-state index contributed by atoms with van der Waals surface area (Å²) in [5.74, 6) is 1.14. The molecule has 152 valence electrons. The Hall–Kier alpha value is -1.70. The lowest BCUT2D eigenvalue weighted by atomic mass is 10.1. The van der Waals surface area contributed by atoms with Gasteiger partial charge in [0, 0.05) is 23.1 Å². The first-order valence-corrected chi connectivity index (χ1v) is 12.2. The normalized spacial score (nSPS) is 11.3. The van der Waals surface area contributed by atoms with Crippen LogP contribution in [0.1, 0.15) is 16.7 Å². The molecule has 2 aromatic rings. The van der Waals surface area contributed by atoms with Gasteiger partial charge in [0.25, 0.3) is 0 Å². The van der Waals surface area contributed by atoms with E-state index in [4.69, 9.17) is 11.6 Å². The lowest BCUT2D eigenvalue weighted by molar-refractivity contribution is -0.119. The van der Waals surface area contributed by atoms with Crippen LogP contribution in [0.3, 0.4) is 0 Å². The number of nitrogens with zero attached hydrogens (tertiary/aromatic N) is 1. The second-order valence-corrected chi connectivity index (χ2v) is 9.92. The number of amides is 1. The standard InChI is InChI=1S/C20H25ClN2O3S2/c1-15-7-6-8-16(2)20(15)23(28(3,25)26)13-19(24)22-11-12-27-14-17-9-4-5-10-18(17)21/h4-10H,11-14H2,1-3H3,(H,22,24). The number of thioether (sulfide) groups is 1. The summed E-state index contributed by atoms with van der Waals surface area (Å²) in [5, 5.41) is 3.53. The third-order valence-corrected chi connectivity index (χ3v) is 6.65. The van der Waals surface area contributed by atoms with Gasteiger partial charge in [-0.05, 0) is 36.6 Å². The molecule has 1 amide bonds. The summed E-state index contributed by atoms with van der Waals surface area (Å²) in [6, 6.07) is 13.2. The number of halogens is 1. The van der Waals surface area contributed by atoms with Gasteiger partial charge in [0.1, 0.15) is 6.54 Å². The zero-order valence-corrected chi connectivity index (χ0v) is 18.6. The predicted molar refractivity (Wildman–Crippen MR) is 119 cm³/mol. The van der Waals surface area contributed by atoms with Gasteiger partial charge in [-0.2, -0.15) is 11.8 Å². The molecule has 0 heterocycles. The van der Waals surface area contributed by atoms with Crippen molar-refractivity contribution in [3.8, 4) is 0 Å². The van der Waals surface area contributed by atoms with Crippen LogP contribution in [-0.2, 0) is 20.6 Å². The second kappa shape index (κ2) is 10.2. The molecule has 28 heavy (non-hydrogen) atoms. The molecule has 0 spiro atoms. The number of rotatable bonds is 9. The highest BCUT2D eigenvalue weighted by molar-refractivity contribution is 7.98. The van der Waals surface area contributed by atoms with Gasteiger partial charge in [0.2, 0.25) is 15.9 Å². The van der Waals surface area contributed by atoms with E-state index in [0.717, 1.165) is 33.7 Å². The fourth-order valence-electron chi connectivity index (χ4n) is 2.81. The Morgan fingerprint density at radius 3 is 2.36 bits per heavy atom. The molecule has 0 atom stereocenters. The van der Waals surface area contributed by atoms with Crippen LogP contribution in [0.25, 0.3) is 0 Å². The van der Waals surface area contributed by atoms with Gasteiger partial charge >= 0.3 is 0 Å². The van der Waals surface area contributed by atoms with Gasteiger partial charge in [0.15, 0.2) is 0 Å². The number of para-hydroxylation sites is 1. The van der Waals surface area contributed by atoms with E-state index in [1.54, 1.807) is 11.8 Å². The summed E-state index contributed by atoms with van der Waals surface area (Å²) in [7, 11) is -3.58. The largest absolute Gasteiger partial charge is 0.354 e. The van der Waals surface area contributed by atoms with Gasteiger partial charge < -0.3 is 5.32 Å². The fraction of sp³-hybridized carbons (Fsp3) is 0.350. The maximum Gasteiger partial charge on any atom is 0.240 e. The predicted octanol–water partition coefficient (Wildman–Crippen LogP) is 3.77. The summed E-state index contributed by atoms with van der Waals surface area (Å²) >= 11 is 7.78. The van der Waals surface area contributed by atoms with Crippen molar-refractivity contribution in [1.82, 2.24) is 5.32 Å². The van der Waals surface area contributed by atoms with Crippen molar-refractivity contribution in [2.24, 2.45) is 0 Å². The minimum absolute atomic E-state index is 0.236. The number of aryl methyl sites for hydroxylation is 2. The van der Waals surface area contributed by atoms with Gasteiger partial charge in [-0.1, -0.05) is 48.0 Å². The first kappa shape index (κ1) is 22.6. The molecule has 0 aromatic heterocycles. The van der Waals surface area contributed by atoms with Crippen molar-refractivity contribution in [3.05, 3.63) is 64.2 Å². The van der Waals surface area contributed by atoms with Crippen LogP contribution in [0, 0.1) is 13.8 Å². The van der Waals surface area contributed by atoms with Crippen molar-refractivity contribution < 1.29 is 13.2 Å². The van der Waals surface area contributed by atoms with E-state index in [2.05, 4.69) is 5.32 Å². The van der Waals surface area contributed by atoms with Crippen LogP contribution in [0.5, 0.6) is 0 Å². The second-order valence-electron chi connectivity index (χ2n) is 6.50. The van der Waals surface area contributed by atoms with Crippen LogP contribution in [0.2, 0.25) is 5.02 Å². The maximum atomic E-state index is 12.3. The molecule has 1 N–H and O–H groups in total. The number of benzene rings is 2. The van der Waals surface area contributed by atoms with Crippen LogP contribution in [-0.4, -0.2) is 39.4 Å². The van der Waals surface area contributed by atoms with E-state index < -0.39 is 10.0 Å². The topological polar surface area (TPSA) is 66.5 Å². The highest BCUT2D eigenvalue weighted by atomic mass is 35.5. The summed E-state index contributed by atoms with van der Waals surface area (Å²) in [6.45, 7) is 3.89. The molecule has 0 bridgehead atoms. The Kier molecular flexibility index (Phi) is 8.22. The fourth-order valence-corrected chi connectivity index (χ4v) is 4.92. The van der Waals surface area contributed by atoms with Gasteiger partial charge in [-0.3, -0.25) is 9.10 Å². The molecule has 0 radical (unpaired) electrons. The Morgan fingerprint density at radius 2 is 1.75 bits per heavy atom. The number of sulfonamides is 1. The third-order valence-electron chi connectivity index (χ3n) is 4.16. The minimum atomic E-state index is -3.58. The van der Waals surface area contributed by atoms with Crippen LogP contribution in [0.15, 0.2) is 42.5 Å². The van der Waals surface area contributed by atoms with Crippen LogP contribution >= 0.6 is 23.4 Å². The number of carbonyl (C=O) groups is 1. The molecule has 8 heteroatoms. The average molecular weight is 441 g/mol. The molecule has 0 saturated heterocycles. The maximum absolute atomic E-state index is 12.3. The molecule has 0 saturated carbocycles. The quantitative estimate of drug-likeness (QED) is 0.602. The number of hydrogen-bond donors (Lipinski definition) is 1. The summed E-state index contributed by atoms with van der Waals surface area (Å²) in [5.41, 5.74) is 3.24. The van der Waals surface area contributed by atoms with Crippen molar-refractivity contribution in [3.63, 3.8) is 0 Å². The molecule has 2 aromatic carbocycles. The van der Waals surface area contributed by atoms with Gasteiger partial charge in [-0.25, -0.2) is 8.42 Å². The highest BCUT2D eigenvalue weighted by Crippen LogP contribution is 2.26. The zero-order chi connectivity index (χ0) is 20.7. The Balaban J connectivity index is 1.90. The summed E-state index contributed by atoms with van der Waals surface area (Å²) < 4.78 is 25.7. The Morgan fingerprint density at radius 1 is 1.11 bits per heavy atom. The monoisotopic (exact) mass is 440 g/mol. The van der Waals surface area contributed by atoms with Crippen molar-refractivity contribution >= 4 is 45.0 Å². The molecule has 2 rings (SSSR count). The lowest BCUT2D eigenvalue weighted by Gasteiger charge is -2.25. The van der Waals surface area contributed by atoms with Crippen molar-refractivity contribution in [2.75, 3.05) is 29.4 Å². The molecule has 0 aliphatic rings. The summed E-state index contributed by atoms with van der Waals surface area (Å²) in [6.07, 6.45) is 1.12. The third kappa shape index (κ3) is 6.43. The molecule has 0 aliphatic carbocycles. The molecule has 0 unspecified atom stereocenters. The number of anilines is 1. The van der Waals surface area contributed by atoms with E-state index >= 15 is 0 Å². The smallest absolute Gasteiger partial charge is 0.240 e. The number of carbonyl (C=O) groups excluding carboxylic acids is 1. The van der Waals surface area contributed by atoms with E-state index in [1.807, 2.05) is 56.3 Å². The highest BCUT2D eigenvalue weighted by Gasteiger charge is 2.23. The summed E-state index contributed by atoms with van der Waals surface area (Å²) in [4.78, 5) is 12.3. The van der Waals surface area contributed by atoms with Crippen molar-refractivity contribution in [2.45, 2.75) is 19.6 Å². The SMILES string of the molecule is Cc1cccc(C)c1N(CC(=O)NCCSCc1ccccc1Cl)S(C)(=O)=O. The van der Waals surface area contributed by atoms with Gasteiger partial charge in [-0.15, -0.1) is 0 Å². The molecule has 0 fully saturated rings. The minimum Gasteiger partial charge on any atom is -0.354 e. The van der Waals surface area contributed by atoms with Crippen molar-refractivity contribution in [1.29, 1.82) is 0 Å². The van der Waals surface area contributed by atoms with E-state index in [0.29, 0.717) is 18.0 Å². The lowest BCUT2D eigenvalue weighted by Crippen LogP contribution is -2.41. The van der Waals surface area contributed by atoms with Gasteiger partial charge in [0.05, 0.1) is 11.9 Å². The Bertz CT molecular complexity index is 913. The van der Waals surface area contributed by atoms with Crippen LogP contribution in [0.4, 0.5) is 5.69 Å². The average Bonchev–Trinajstić information content (AvgIpc) is 2.61. The number of nitrogens with one attached hydrogen (secondary N) is 1. The molecule has 0 aliphatic heterocycles. The first-order chi connectivity index (χ1) is 13.2. The van der Waals surface area contributed by atoms with E-state index in [9.17, 15) is 13.2 Å². The zero-order valence-electron chi connectivity index (χ0n) is 16.2. The van der Waals surface area contributed by atoms with Crippen LogP contribution < -0.4 is 9.62 Å². The molecular formula is C20H25ClN2O3S2. The first-order valence-electron chi connectivity index (χ1n) is 8.82.